The zero-order chi connectivity index (χ0) is 13.7. The summed E-state index contributed by atoms with van der Waals surface area (Å²) in [5, 5.41) is 9.10. The number of carboxylic acid groups (broad SMARTS) is 1. The van der Waals surface area contributed by atoms with Crippen LogP contribution in [0.25, 0.3) is 12.2 Å². The van der Waals surface area contributed by atoms with Gasteiger partial charge >= 0.3 is 5.97 Å². The van der Waals surface area contributed by atoms with E-state index < -0.39 is 5.97 Å². The van der Waals surface area contributed by atoms with Gasteiger partial charge in [0.1, 0.15) is 0 Å². The minimum absolute atomic E-state index is 0.323. The largest absolute Gasteiger partial charge is 0.478 e. The van der Waals surface area contributed by atoms with Crippen LogP contribution in [0.15, 0.2) is 48.5 Å². The molecule has 0 fully saturated rings. The number of hydrogen-bond donors (Lipinski definition) is 1. The smallest absolute Gasteiger partial charge is 0.336 e. The van der Waals surface area contributed by atoms with Crippen LogP contribution in [0.3, 0.4) is 0 Å². The fourth-order valence-electron chi connectivity index (χ4n) is 1.89. The molecule has 0 amide bonds. The summed E-state index contributed by atoms with van der Waals surface area (Å²) >= 11 is 0. The molecule has 0 radical (unpaired) electrons. The number of aromatic carboxylic acids is 1. The Morgan fingerprint density at radius 3 is 2.37 bits per heavy atom. The highest BCUT2D eigenvalue weighted by Gasteiger charge is 2.05. The van der Waals surface area contributed by atoms with Gasteiger partial charge in [-0.1, -0.05) is 61.5 Å². The average Bonchev–Trinajstić information content (AvgIpc) is 2.46. The van der Waals surface area contributed by atoms with Crippen molar-refractivity contribution in [3.05, 3.63) is 70.8 Å². The summed E-state index contributed by atoms with van der Waals surface area (Å²) in [6.45, 7) is 2.12. The topological polar surface area (TPSA) is 37.3 Å². The van der Waals surface area contributed by atoms with Crippen LogP contribution in [-0.2, 0) is 6.42 Å². The van der Waals surface area contributed by atoms with Gasteiger partial charge in [-0.15, -0.1) is 0 Å². The first-order valence-corrected chi connectivity index (χ1v) is 6.30. The number of carbonyl (C=O) groups is 1. The standard InChI is InChI=1S/C17H16O2/c1-2-13-7-9-14(10-8-13)11-12-15-5-3-4-6-16(15)17(18)19/h3-12H,2H2,1H3,(H,18,19)/b12-11+. The van der Waals surface area contributed by atoms with Crippen LogP contribution in [0.2, 0.25) is 0 Å². The molecule has 0 saturated carbocycles. The number of carboxylic acids is 1. The summed E-state index contributed by atoms with van der Waals surface area (Å²) in [6.07, 6.45) is 4.79. The monoisotopic (exact) mass is 252 g/mol. The minimum atomic E-state index is -0.901. The van der Waals surface area contributed by atoms with E-state index in [1.54, 1.807) is 18.2 Å². The van der Waals surface area contributed by atoms with Gasteiger partial charge in [0.05, 0.1) is 5.56 Å². The Hall–Kier alpha value is -2.35. The maximum absolute atomic E-state index is 11.1. The molecule has 0 aliphatic carbocycles. The van der Waals surface area contributed by atoms with E-state index in [1.807, 2.05) is 30.4 Å². The van der Waals surface area contributed by atoms with Crippen LogP contribution in [-0.4, -0.2) is 11.1 Å². The molecule has 1 N–H and O–H groups in total. The van der Waals surface area contributed by atoms with E-state index in [9.17, 15) is 4.79 Å². The molecule has 0 spiro atoms. The molecule has 0 heterocycles. The summed E-state index contributed by atoms with van der Waals surface area (Å²) in [4.78, 5) is 11.1. The second-order valence-electron chi connectivity index (χ2n) is 4.32. The van der Waals surface area contributed by atoms with Gasteiger partial charge in [0.2, 0.25) is 0 Å². The van der Waals surface area contributed by atoms with Gasteiger partial charge < -0.3 is 5.11 Å². The zero-order valence-electron chi connectivity index (χ0n) is 10.8. The van der Waals surface area contributed by atoms with Gasteiger partial charge in [0, 0.05) is 0 Å². The SMILES string of the molecule is CCc1ccc(/C=C/c2ccccc2C(=O)O)cc1. The third-order valence-corrected chi connectivity index (χ3v) is 3.03. The highest BCUT2D eigenvalue weighted by atomic mass is 16.4. The predicted molar refractivity (Wildman–Crippen MR) is 78.1 cm³/mol. The summed E-state index contributed by atoms with van der Waals surface area (Å²) in [6, 6.07) is 15.2. The summed E-state index contributed by atoms with van der Waals surface area (Å²) < 4.78 is 0. The Kier molecular flexibility index (Phi) is 4.14. The fourth-order valence-corrected chi connectivity index (χ4v) is 1.89. The van der Waals surface area contributed by atoms with Gasteiger partial charge in [0.25, 0.3) is 0 Å². The maximum Gasteiger partial charge on any atom is 0.336 e. The molecule has 0 atom stereocenters. The molecule has 2 heteroatoms. The zero-order valence-corrected chi connectivity index (χ0v) is 10.8. The van der Waals surface area contributed by atoms with E-state index in [1.165, 1.54) is 5.56 Å². The van der Waals surface area contributed by atoms with E-state index in [0.29, 0.717) is 5.56 Å². The van der Waals surface area contributed by atoms with E-state index in [-0.39, 0.29) is 0 Å². The van der Waals surface area contributed by atoms with Gasteiger partial charge in [-0.3, -0.25) is 0 Å². The van der Waals surface area contributed by atoms with Crippen molar-refractivity contribution < 1.29 is 9.90 Å². The van der Waals surface area contributed by atoms with Gasteiger partial charge in [-0.25, -0.2) is 4.79 Å². The molecular weight excluding hydrogens is 236 g/mol. The molecule has 0 aromatic heterocycles. The van der Waals surface area contributed by atoms with Crippen LogP contribution in [0.4, 0.5) is 0 Å². The van der Waals surface area contributed by atoms with E-state index in [2.05, 4.69) is 19.1 Å². The summed E-state index contributed by atoms with van der Waals surface area (Å²) in [7, 11) is 0. The number of hydrogen-bond acceptors (Lipinski definition) is 1. The first-order valence-electron chi connectivity index (χ1n) is 6.30. The first-order chi connectivity index (χ1) is 9.20. The second-order valence-corrected chi connectivity index (χ2v) is 4.32. The molecule has 2 nitrogen and oxygen atoms in total. The average molecular weight is 252 g/mol. The van der Waals surface area contributed by atoms with Crippen molar-refractivity contribution in [2.24, 2.45) is 0 Å². The fraction of sp³-hybridized carbons (Fsp3) is 0.118. The van der Waals surface area contributed by atoms with Crippen LogP contribution < -0.4 is 0 Å². The van der Waals surface area contributed by atoms with Crippen molar-refractivity contribution in [1.82, 2.24) is 0 Å². The lowest BCUT2D eigenvalue weighted by atomic mass is 10.0. The number of aryl methyl sites for hydroxylation is 1. The van der Waals surface area contributed by atoms with Crippen molar-refractivity contribution in [1.29, 1.82) is 0 Å². The molecule has 0 bridgehead atoms. The van der Waals surface area contributed by atoms with Crippen LogP contribution >= 0.6 is 0 Å². The molecule has 2 aromatic rings. The maximum atomic E-state index is 11.1. The van der Waals surface area contributed by atoms with Crippen molar-refractivity contribution in [2.75, 3.05) is 0 Å². The number of benzene rings is 2. The van der Waals surface area contributed by atoms with Gasteiger partial charge in [-0.05, 0) is 29.2 Å². The van der Waals surface area contributed by atoms with E-state index >= 15 is 0 Å². The predicted octanol–water partition coefficient (Wildman–Crippen LogP) is 4.12. The Labute approximate surface area is 113 Å². The third kappa shape index (κ3) is 3.32. The normalized spacial score (nSPS) is 10.8. The molecular formula is C17H16O2. The lowest BCUT2D eigenvalue weighted by Crippen LogP contribution is -1.98. The molecule has 0 saturated heterocycles. The minimum Gasteiger partial charge on any atom is -0.478 e. The highest BCUT2D eigenvalue weighted by molar-refractivity contribution is 5.93. The Balaban J connectivity index is 2.24. The molecule has 19 heavy (non-hydrogen) atoms. The molecule has 2 aromatic carbocycles. The highest BCUT2D eigenvalue weighted by Crippen LogP contribution is 2.14. The van der Waals surface area contributed by atoms with E-state index in [0.717, 1.165) is 17.5 Å². The lowest BCUT2D eigenvalue weighted by molar-refractivity contribution is 0.0696. The quantitative estimate of drug-likeness (QED) is 0.831. The third-order valence-electron chi connectivity index (χ3n) is 3.03. The van der Waals surface area contributed by atoms with Gasteiger partial charge in [0.15, 0.2) is 0 Å². The van der Waals surface area contributed by atoms with Crippen molar-refractivity contribution in [3.8, 4) is 0 Å². The van der Waals surface area contributed by atoms with Crippen molar-refractivity contribution in [2.45, 2.75) is 13.3 Å². The molecule has 2 rings (SSSR count). The van der Waals surface area contributed by atoms with E-state index in [4.69, 9.17) is 5.11 Å². The Morgan fingerprint density at radius 2 is 1.74 bits per heavy atom. The van der Waals surface area contributed by atoms with Crippen LogP contribution in [0.5, 0.6) is 0 Å². The Bertz CT molecular complexity index is 595. The summed E-state index contributed by atoms with van der Waals surface area (Å²) in [5.74, 6) is -0.901. The Morgan fingerprint density at radius 1 is 1.05 bits per heavy atom. The van der Waals surface area contributed by atoms with Crippen molar-refractivity contribution >= 4 is 18.1 Å². The van der Waals surface area contributed by atoms with Gasteiger partial charge in [-0.2, -0.15) is 0 Å². The van der Waals surface area contributed by atoms with Crippen LogP contribution in [0, 0.1) is 0 Å². The number of rotatable bonds is 4. The van der Waals surface area contributed by atoms with Crippen LogP contribution in [0.1, 0.15) is 34.0 Å². The lowest BCUT2D eigenvalue weighted by Gasteiger charge is -2.01. The molecule has 0 aliphatic heterocycles. The first kappa shape index (κ1) is 13.1. The molecule has 0 aliphatic rings. The molecule has 0 unspecified atom stereocenters. The summed E-state index contributed by atoms with van der Waals surface area (Å²) in [5.41, 5.74) is 3.40. The van der Waals surface area contributed by atoms with Crippen molar-refractivity contribution in [3.63, 3.8) is 0 Å². The molecule has 96 valence electrons. The second kappa shape index (κ2) is 6.01.